The quantitative estimate of drug-likeness (QED) is 0.821. The average molecular weight is 374 g/mol. The van der Waals surface area contributed by atoms with Crippen molar-refractivity contribution in [2.45, 2.75) is 25.8 Å². The highest BCUT2D eigenvalue weighted by Crippen LogP contribution is 2.14. The summed E-state index contributed by atoms with van der Waals surface area (Å²) in [4.78, 5) is 25.5. The first-order chi connectivity index (χ1) is 11.7. The molecular formula is C16H20F2N2O4S. The van der Waals surface area contributed by atoms with Crippen LogP contribution >= 0.6 is 0 Å². The second-order valence-electron chi connectivity index (χ2n) is 5.97. The predicted octanol–water partition coefficient (Wildman–Crippen LogP) is 0.659. The molecule has 0 saturated carbocycles. The van der Waals surface area contributed by atoms with Crippen LogP contribution < -0.4 is 5.32 Å². The van der Waals surface area contributed by atoms with E-state index in [9.17, 15) is 26.8 Å². The van der Waals surface area contributed by atoms with E-state index in [4.69, 9.17) is 0 Å². The number of nitrogens with zero attached hydrogens (tertiary/aromatic N) is 1. The normalized spacial score (nSPS) is 17.8. The fraction of sp³-hybridized carbons (Fsp3) is 0.500. The molecule has 6 nitrogen and oxygen atoms in total. The van der Waals surface area contributed by atoms with Crippen LogP contribution in [0.5, 0.6) is 0 Å². The molecule has 0 aliphatic carbocycles. The zero-order valence-electron chi connectivity index (χ0n) is 13.8. The van der Waals surface area contributed by atoms with Crippen LogP contribution in [-0.2, 0) is 25.8 Å². The van der Waals surface area contributed by atoms with Crippen molar-refractivity contribution >= 4 is 21.7 Å². The van der Waals surface area contributed by atoms with Crippen LogP contribution in [-0.4, -0.2) is 55.8 Å². The molecule has 1 aromatic carbocycles. The molecule has 138 valence electrons. The number of nitrogens with one attached hydrogen (secondary N) is 1. The summed E-state index contributed by atoms with van der Waals surface area (Å²) in [6, 6.07) is 2.65. The van der Waals surface area contributed by atoms with Crippen LogP contribution in [0.3, 0.4) is 0 Å². The number of hydrogen-bond acceptors (Lipinski definition) is 4. The predicted molar refractivity (Wildman–Crippen MR) is 87.5 cm³/mol. The smallest absolute Gasteiger partial charge is 0.244 e. The van der Waals surface area contributed by atoms with Gasteiger partial charge in [0.1, 0.15) is 17.7 Å². The highest BCUT2D eigenvalue weighted by Gasteiger charge is 2.28. The van der Waals surface area contributed by atoms with E-state index in [0.717, 1.165) is 12.1 Å². The summed E-state index contributed by atoms with van der Waals surface area (Å²) in [5, 5.41) is 2.48. The molecule has 0 radical (unpaired) electrons. The van der Waals surface area contributed by atoms with E-state index in [1.807, 2.05) is 0 Å². The summed E-state index contributed by atoms with van der Waals surface area (Å²) in [6.07, 6.45) is -0.281. The van der Waals surface area contributed by atoms with E-state index < -0.39 is 33.4 Å². The Morgan fingerprint density at radius 3 is 2.32 bits per heavy atom. The van der Waals surface area contributed by atoms with Gasteiger partial charge in [-0.3, -0.25) is 9.59 Å². The molecule has 2 rings (SSSR count). The number of carbonyl (C=O) groups is 2. The lowest BCUT2D eigenvalue weighted by atomic mass is 10.1. The molecule has 0 bridgehead atoms. The van der Waals surface area contributed by atoms with E-state index in [2.05, 4.69) is 5.32 Å². The summed E-state index contributed by atoms with van der Waals surface area (Å²) >= 11 is 0. The Morgan fingerprint density at radius 2 is 1.76 bits per heavy atom. The maximum atomic E-state index is 13.5. The van der Waals surface area contributed by atoms with Crippen LogP contribution in [0.15, 0.2) is 18.2 Å². The number of carbonyl (C=O) groups excluding carboxylic acids is 2. The lowest BCUT2D eigenvalue weighted by Crippen LogP contribution is -2.51. The molecule has 1 saturated heterocycles. The molecule has 1 atom stereocenters. The molecule has 1 aliphatic rings. The molecule has 1 aromatic rings. The van der Waals surface area contributed by atoms with E-state index in [1.165, 1.54) is 17.9 Å². The molecular weight excluding hydrogens is 354 g/mol. The Bertz CT molecular complexity index is 733. The van der Waals surface area contributed by atoms with E-state index in [-0.39, 0.29) is 48.9 Å². The highest BCUT2D eigenvalue weighted by molar-refractivity contribution is 7.91. The molecule has 1 heterocycles. The van der Waals surface area contributed by atoms with Gasteiger partial charge in [-0.05, 0) is 25.5 Å². The van der Waals surface area contributed by atoms with Gasteiger partial charge in [0.05, 0.1) is 11.5 Å². The van der Waals surface area contributed by atoms with Crippen molar-refractivity contribution in [2.24, 2.45) is 0 Å². The highest BCUT2D eigenvalue weighted by atomic mass is 32.2. The molecule has 1 unspecified atom stereocenters. The second-order valence-corrected chi connectivity index (χ2v) is 8.27. The number of halogens is 2. The molecule has 9 heteroatoms. The van der Waals surface area contributed by atoms with E-state index in [0.29, 0.717) is 0 Å². The number of rotatable bonds is 5. The standard InChI is InChI=1S/C16H20F2N2O4S/c1-11(16(22)20-7-9-25(23,24)10-8-20)19-15(21)6-5-12-13(17)3-2-4-14(12)18/h2-4,11H,5-10H2,1H3,(H,19,21). The fourth-order valence-electron chi connectivity index (χ4n) is 2.59. The van der Waals surface area contributed by atoms with Crippen molar-refractivity contribution in [3.63, 3.8) is 0 Å². The van der Waals surface area contributed by atoms with Gasteiger partial charge < -0.3 is 10.2 Å². The lowest BCUT2D eigenvalue weighted by molar-refractivity contribution is -0.135. The second kappa shape index (κ2) is 7.90. The van der Waals surface area contributed by atoms with E-state index in [1.54, 1.807) is 0 Å². The van der Waals surface area contributed by atoms with Crippen molar-refractivity contribution in [1.82, 2.24) is 10.2 Å². The number of sulfone groups is 1. The van der Waals surface area contributed by atoms with Crippen molar-refractivity contribution in [2.75, 3.05) is 24.6 Å². The van der Waals surface area contributed by atoms with Gasteiger partial charge in [-0.1, -0.05) is 6.07 Å². The third kappa shape index (κ3) is 5.22. The summed E-state index contributed by atoms with van der Waals surface area (Å²) in [5.41, 5.74) is -0.169. The minimum Gasteiger partial charge on any atom is -0.345 e. The third-order valence-electron chi connectivity index (χ3n) is 4.07. The first kappa shape index (κ1) is 19.3. The van der Waals surface area contributed by atoms with Crippen molar-refractivity contribution < 1.29 is 26.8 Å². The van der Waals surface area contributed by atoms with Gasteiger partial charge in [0.15, 0.2) is 9.84 Å². The summed E-state index contributed by atoms with van der Waals surface area (Å²) in [7, 11) is -3.10. The number of amides is 2. The van der Waals surface area contributed by atoms with E-state index >= 15 is 0 Å². The molecule has 0 aromatic heterocycles. The topological polar surface area (TPSA) is 83.6 Å². The summed E-state index contributed by atoms with van der Waals surface area (Å²) < 4.78 is 49.8. The van der Waals surface area contributed by atoms with Crippen LogP contribution in [0.2, 0.25) is 0 Å². The zero-order chi connectivity index (χ0) is 18.6. The van der Waals surface area contributed by atoms with Gasteiger partial charge in [-0.15, -0.1) is 0 Å². The summed E-state index contributed by atoms with van der Waals surface area (Å²) in [6.45, 7) is 1.69. The Hall–Kier alpha value is -2.03. The van der Waals surface area contributed by atoms with Crippen molar-refractivity contribution in [3.05, 3.63) is 35.4 Å². The minimum absolute atomic E-state index is 0.0913. The maximum Gasteiger partial charge on any atom is 0.244 e. The van der Waals surface area contributed by atoms with Crippen LogP contribution in [0.4, 0.5) is 8.78 Å². The number of hydrogen-bond donors (Lipinski definition) is 1. The molecule has 0 spiro atoms. The Morgan fingerprint density at radius 1 is 1.20 bits per heavy atom. The third-order valence-corrected chi connectivity index (χ3v) is 5.68. The van der Waals surface area contributed by atoms with Crippen LogP contribution in [0.1, 0.15) is 18.9 Å². The SMILES string of the molecule is CC(NC(=O)CCc1c(F)cccc1F)C(=O)N1CCS(=O)(=O)CC1. The van der Waals surface area contributed by atoms with Crippen molar-refractivity contribution in [3.8, 4) is 0 Å². The molecule has 1 N–H and O–H groups in total. The first-order valence-corrected chi connectivity index (χ1v) is 9.73. The Labute approximate surface area is 145 Å². The minimum atomic E-state index is -3.10. The fourth-order valence-corrected chi connectivity index (χ4v) is 3.79. The van der Waals surface area contributed by atoms with Gasteiger partial charge in [-0.2, -0.15) is 0 Å². The molecule has 2 amide bonds. The summed E-state index contributed by atoms with van der Waals surface area (Å²) in [5.74, 6) is -2.50. The monoisotopic (exact) mass is 374 g/mol. The zero-order valence-corrected chi connectivity index (χ0v) is 14.6. The molecule has 1 fully saturated rings. The van der Waals surface area contributed by atoms with Gasteiger partial charge in [0.25, 0.3) is 0 Å². The number of benzene rings is 1. The van der Waals surface area contributed by atoms with Crippen LogP contribution in [0, 0.1) is 11.6 Å². The Balaban J connectivity index is 1.84. The van der Waals surface area contributed by atoms with Gasteiger partial charge in [0.2, 0.25) is 11.8 Å². The lowest BCUT2D eigenvalue weighted by Gasteiger charge is -2.29. The van der Waals surface area contributed by atoms with Crippen LogP contribution in [0.25, 0.3) is 0 Å². The molecule has 1 aliphatic heterocycles. The maximum absolute atomic E-state index is 13.5. The van der Waals surface area contributed by atoms with Crippen molar-refractivity contribution in [1.29, 1.82) is 0 Å². The van der Waals surface area contributed by atoms with Gasteiger partial charge in [0, 0.05) is 25.1 Å². The Kier molecular flexibility index (Phi) is 6.10. The largest absolute Gasteiger partial charge is 0.345 e. The first-order valence-electron chi connectivity index (χ1n) is 7.91. The van der Waals surface area contributed by atoms with Gasteiger partial charge in [-0.25, -0.2) is 17.2 Å². The average Bonchev–Trinajstić information content (AvgIpc) is 2.53. The van der Waals surface area contributed by atoms with Gasteiger partial charge >= 0.3 is 0 Å². The molecule has 25 heavy (non-hydrogen) atoms.